The van der Waals surface area contributed by atoms with Crippen molar-refractivity contribution in [2.75, 3.05) is 73.2 Å². The van der Waals surface area contributed by atoms with E-state index in [1.54, 1.807) is 31.2 Å². The minimum atomic E-state index is -1.19. The Morgan fingerprint density at radius 2 is 1.82 bits per heavy atom. The number of aromatic hydroxyl groups is 1. The Morgan fingerprint density at radius 1 is 1.04 bits per heavy atom. The van der Waals surface area contributed by atoms with Crippen molar-refractivity contribution in [1.82, 2.24) is 45.0 Å². The van der Waals surface area contributed by atoms with Crippen LogP contribution in [0.15, 0.2) is 48.9 Å². The second kappa shape index (κ2) is 22.8. The molecule has 0 saturated carbocycles. The molecule has 390 valence electrons. The van der Waals surface area contributed by atoms with Gasteiger partial charge in [-0.3, -0.25) is 33.9 Å². The molecule has 2 aromatic heterocycles. The monoisotopic (exact) mass is 1000 g/mol. The predicted octanol–water partition coefficient (Wildman–Crippen LogP) is 4.51. The molecule has 6 heterocycles. The highest BCUT2D eigenvalue weighted by Crippen LogP contribution is 2.42. The van der Waals surface area contributed by atoms with Crippen LogP contribution in [0.5, 0.6) is 5.75 Å². The maximum absolute atomic E-state index is 14.8. The summed E-state index contributed by atoms with van der Waals surface area (Å²) < 4.78 is 19.6. The molecule has 18 nitrogen and oxygen atoms in total. The minimum absolute atomic E-state index is 0.0243. The molecule has 0 aliphatic carbocycles. The summed E-state index contributed by atoms with van der Waals surface area (Å²) in [6.45, 7) is 16.6. The number of likely N-dealkylation sites (N-methyl/N-ethyl adjacent to an activating group) is 1. The molecule has 4 aliphatic rings. The van der Waals surface area contributed by atoms with Gasteiger partial charge in [0.25, 0.3) is 11.8 Å². The Bertz CT molecular complexity index is 2770. The van der Waals surface area contributed by atoms with Crippen LogP contribution in [-0.4, -0.2) is 160 Å². The van der Waals surface area contributed by atoms with Crippen LogP contribution >= 0.6 is 0 Å². The third-order valence-corrected chi connectivity index (χ3v) is 14.7. The summed E-state index contributed by atoms with van der Waals surface area (Å²) in [5.41, 5.74) is 9.14. The van der Waals surface area contributed by atoms with Gasteiger partial charge >= 0.3 is 5.97 Å². The van der Waals surface area contributed by atoms with E-state index in [0.717, 1.165) is 52.1 Å². The number of aryl methyl sites for hydroxylation is 1. The second-order valence-electron chi connectivity index (χ2n) is 21.0. The smallest absolute Gasteiger partial charge is 0.324 e. The average molecular weight is 1000 g/mol. The van der Waals surface area contributed by atoms with Crippen molar-refractivity contribution in [2.24, 2.45) is 17.3 Å². The van der Waals surface area contributed by atoms with Crippen molar-refractivity contribution in [1.29, 1.82) is 0 Å². The number of carbonyl (C=O) groups is 5. The van der Waals surface area contributed by atoms with E-state index in [1.165, 1.54) is 16.2 Å². The Morgan fingerprint density at radius 3 is 2.56 bits per heavy atom. The predicted molar refractivity (Wildman–Crippen MR) is 274 cm³/mol. The maximum atomic E-state index is 14.8. The lowest BCUT2D eigenvalue weighted by atomic mass is 9.84. The molecule has 4 aromatic rings. The van der Waals surface area contributed by atoms with Gasteiger partial charge in [-0.25, -0.2) is 15.4 Å². The number of hydrazine groups is 1. The first kappa shape index (κ1) is 52.9. The lowest BCUT2D eigenvalue weighted by molar-refractivity contribution is -0.155. The number of benzene rings is 2. The lowest BCUT2D eigenvalue weighted by Crippen LogP contribution is -2.62. The van der Waals surface area contributed by atoms with Gasteiger partial charge in [-0.05, 0) is 97.9 Å². The van der Waals surface area contributed by atoms with Crippen LogP contribution in [0.25, 0.3) is 33.3 Å². The third-order valence-electron chi connectivity index (χ3n) is 14.7. The third kappa shape index (κ3) is 11.9. The van der Waals surface area contributed by atoms with E-state index in [2.05, 4.69) is 74.9 Å². The van der Waals surface area contributed by atoms with E-state index in [-0.39, 0.29) is 55.7 Å². The fraction of sp³-hybridized carbons (Fsp3) is 0.545. The number of cyclic esters (lactones) is 1. The molecule has 2 aromatic carbocycles. The van der Waals surface area contributed by atoms with Crippen LogP contribution in [0.4, 0.5) is 0 Å². The number of ether oxygens (including phenoxy) is 3. The van der Waals surface area contributed by atoms with Crippen LogP contribution < -0.4 is 10.7 Å². The summed E-state index contributed by atoms with van der Waals surface area (Å²) in [7, 11) is 3.24. The number of esters is 1. The topological polar surface area (TPSA) is 201 Å². The Kier molecular flexibility index (Phi) is 16.5. The van der Waals surface area contributed by atoms with Crippen molar-refractivity contribution >= 4 is 40.5 Å². The second-order valence-corrected chi connectivity index (χ2v) is 21.0. The molecule has 4 aliphatic heterocycles. The van der Waals surface area contributed by atoms with Gasteiger partial charge in [-0.1, -0.05) is 45.7 Å². The molecular formula is C55H71N9O9. The fourth-order valence-electron chi connectivity index (χ4n) is 10.8. The van der Waals surface area contributed by atoms with E-state index in [4.69, 9.17) is 14.2 Å². The summed E-state index contributed by atoms with van der Waals surface area (Å²) >= 11 is 0. The number of likely N-dealkylation sites (tertiary alicyclic amines) is 1. The lowest BCUT2D eigenvalue weighted by Gasteiger charge is -2.37. The zero-order valence-electron chi connectivity index (χ0n) is 43.5. The number of carbonyl (C=O) groups excluding carboxylic acids is 5. The van der Waals surface area contributed by atoms with Gasteiger partial charge in [-0.2, -0.15) is 0 Å². The Balaban J connectivity index is 1.11. The SMILES string of the molecule is CCn1c(-c2cncnc2[C@H](C)OC)c2c3cc(ccc31)-c1cc(O)cc(c1)C[C@H](NC(=O)[C@H](C(C)C)N(C)C(=O)[C@H]1CCN(C(=O)C#CCN3CCOCC3)C1)C(=O)N1CCC[C@H](N1)C(=O)OCC(C)(C)C2. The Labute approximate surface area is 428 Å². The quantitative estimate of drug-likeness (QED) is 0.148. The molecule has 3 saturated heterocycles. The summed E-state index contributed by atoms with van der Waals surface area (Å²) in [6.07, 6.45) is 4.84. The standard InChI is InChI=1S/C55H71N9O9/c1-9-63-46-15-14-37-28-41(46)42(50(63)43-30-56-33-57-48(43)35(4)71-8)29-55(5,6)32-73-54(70)44-12-10-18-64(59-44)53(69)45(26-36-24-39(37)27-40(65)25-36)58-51(67)49(34(2)3)60(7)52(68)38-16-19-62(31-38)47(66)13-11-17-61-20-22-72-23-21-61/h14-15,24-25,27-28,30,33-35,38,44-45,49,59,65H,9-10,12,16-23,26,29,31-32H2,1-8H3,(H,58,67)/t35-,38-,44-,45-,49-/m0/s1. The number of amides is 4. The zero-order valence-corrected chi connectivity index (χ0v) is 43.5. The van der Waals surface area contributed by atoms with Crippen molar-refractivity contribution in [3.63, 3.8) is 0 Å². The number of rotatable bonds is 10. The first-order valence-corrected chi connectivity index (χ1v) is 25.7. The molecule has 0 unspecified atom stereocenters. The summed E-state index contributed by atoms with van der Waals surface area (Å²) in [4.78, 5) is 85.1. The number of hydrogen-bond donors (Lipinski definition) is 3. The summed E-state index contributed by atoms with van der Waals surface area (Å²) in [6, 6.07) is 8.37. The fourth-order valence-corrected chi connectivity index (χ4v) is 10.8. The van der Waals surface area contributed by atoms with Crippen LogP contribution in [-0.2, 0) is 57.6 Å². The molecule has 6 bridgehead atoms. The number of hydrogen-bond acceptors (Lipinski definition) is 13. The molecule has 18 heteroatoms. The Hall–Kier alpha value is -6.39. The van der Waals surface area contributed by atoms with Crippen LogP contribution in [0.3, 0.4) is 0 Å². The molecule has 3 N–H and O–H groups in total. The van der Waals surface area contributed by atoms with Crippen LogP contribution in [0, 0.1) is 29.1 Å². The van der Waals surface area contributed by atoms with Crippen molar-refractivity contribution in [3.05, 3.63) is 65.7 Å². The molecule has 0 spiro atoms. The number of morpholine rings is 1. The van der Waals surface area contributed by atoms with Crippen LogP contribution in [0.1, 0.15) is 83.7 Å². The summed E-state index contributed by atoms with van der Waals surface area (Å²) in [5.74, 6) is 2.62. The van der Waals surface area contributed by atoms with Gasteiger partial charge < -0.3 is 39.0 Å². The van der Waals surface area contributed by atoms with E-state index in [1.807, 2.05) is 39.1 Å². The first-order chi connectivity index (χ1) is 35.0. The van der Waals surface area contributed by atoms with E-state index in [9.17, 15) is 29.1 Å². The molecule has 3 fully saturated rings. The number of nitrogens with zero attached hydrogens (tertiary/aromatic N) is 7. The highest BCUT2D eigenvalue weighted by molar-refractivity contribution is 5.97. The van der Waals surface area contributed by atoms with E-state index in [0.29, 0.717) is 69.7 Å². The first-order valence-electron chi connectivity index (χ1n) is 25.7. The van der Waals surface area contributed by atoms with Gasteiger partial charge in [-0.15, -0.1) is 0 Å². The number of aromatic nitrogens is 3. The number of phenols is 1. The molecule has 8 rings (SSSR count). The number of nitrogens with one attached hydrogen (secondary N) is 2. The van der Waals surface area contributed by atoms with Crippen LogP contribution in [0.2, 0.25) is 0 Å². The van der Waals surface area contributed by atoms with Crippen molar-refractivity contribution in [3.8, 4) is 40.0 Å². The minimum Gasteiger partial charge on any atom is -0.508 e. The van der Waals surface area contributed by atoms with Gasteiger partial charge in [0.1, 0.15) is 30.2 Å². The van der Waals surface area contributed by atoms with Gasteiger partial charge in [0.2, 0.25) is 11.8 Å². The molecule has 4 amide bonds. The van der Waals surface area contributed by atoms with E-state index >= 15 is 0 Å². The van der Waals surface area contributed by atoms with E-state index < -0.39 is 47.2 Å². The maximum Gasteiger partial charge on any atom is 0.324 e. The number of fused-ring (bicyclic) bond motifs is 6. The average Bonchev–Trinajstić information content (AvgIpc) is 4.00. The normalized spacial score (nSPS) is 21.5. The number of phenolic OH excluding ortho intramolecular Hbond substituents is 1. The number of methoxy groups -OCH3 is 1. The zero-order chi connectivity index (χ0) is 52.1. The van der Waals surface area contributed by atoms with Gasteiger partial charge in [0.05, 0.1) is 49.8 Å². The summed E-state index contributed by atoms with van der Waals surface area (Å²) in [5, 5.41) is 16.8. The highest BCUT2D eigenvalue weighted by Gasteiger charge is 2.40. The van der Waals surface area contributed by atoms with Gasteiger partial charge in [0.15, 0.2) is 0 Å². The highest BCUT2D eigenvalue weighted by atomic mass is 16.5. The molecule has 0 radical (unpaired) electrons. The van der Waals surface area contributed by atoms with Crippen molar-refractivity contribution < 1.29 is 43.3 Å². The molecule has 73 heavy (non-hydrogen) atoms. The van der Waals surface area contributed by atoms with Crippen molar-refractivity contribution in [2.45, 2.75) is 104 Å². The molecular weight excluding hydrogens is 931 g/mol. The van der Waals surface area contributed by atoms with Gasteiger partial charge in [0, 0.05) is 87.9 Å². The molecule has 5 atom stereocenters. The largest absolute Gasteiger partial charge is 0.508 e.